The van der Waals surface area contributed by atoms with Gasteiger partial charge in [0.05, 0.1) is 12.7 Å². The fraction of sp³-hybridized carbons (Fsp3) is 0.333. The largest absolute Gasteiger partial charge is 0.391 e. The molecule has 112 valence electrons. The van der Waals surface area contributed by atoms with Crippen LogP contribution in [0.4, 0.5) is 0 Å². The molecule has 0 spiro atoms. The summed E-state index contributed by atoms with van der Waals surface area (Å²) in [5, 5.41) is 0. The second-order valence-electron chi connectivity index (χ2n) is 4.52. The van der Waals surface area contributed by atoms with Crippen LogP contribution in [0.2, 0.25) is 0 Å². The number of aromatic amines is 2. The predicted molar refractivity (Wildman–Crippen MR) is 71.6 cm³/mol. The van der Waals surface area contributed by atoms with Crippen molar-refractivity contribution in [3.63, 3.8) is 0 Å². The Balaban J connectivity index is 1.82. The predicted octanol–water partition coefficient (Wildman–Crippen LogP) is -1.36. The van der Waals surface area contributed by atoms with Gasteiger partial charge in [0.2, 0.25) is 0 Å². The number of nitrogens with two attached hydrogens (primary N) is 2. The van der Waals surface area contributed by atoms with Crippen molar-refractivity contribution in [1.82, 2.24) is 19.9 Å². The van der Waals surface area contributed by atoms with E-state index in [0.717, 1.165) is 0 Å². The highest BCUT2D eigenvalue weighted by Crippen LogP contribution is 2.02. The van der Waals surface area contributed by atoms with Crippen LogP contribution in [0.1, 0.15) is 11.4 Å². The zero-order valence-electron chi connectivity index (χ0n) is 11.2. The van der Waals surface area contributed by atoms with Crippen molar-refractivity contribution in [2.45, 2.75) is 24.9 Å². The molecular formula is C12H16N6O3. The van der Waals surface area contributed by atoms with Crippen LogP contribution >= 0.6 is 0 Å². The van der Waals surface area contributed by atoms with E-state index in [4.69, 9.17) is 11.5 Å². The van der Waals surface area contributed by atoms with Gasteiger partial charge in [-0.1, -0.05) is 0 Å². The van der Waals surface area contributed by atoms with Gasteiger partial charge in [-0.15, -0.1) is 0 Å². The van der Waals surface area contributed by atoms with E-state index in [-0.39, 0.29) is 12.8 Å². The van der Waals surface area contributed by atoms with Crippen LogP contribution in [0.15, 0.2) is 25.0 Å². The van der Waals surface area contributed by atoms with E-state index in [1.165, 1.54) is 12.7 Å². The average molecular weight is 292 g/mol. The van der Waals surface area contributed by atoms with Gasteiger partial charge in [0.25, 0.3) is 0 Å². The number of carbonyl (C=O) groups is 2. The second kappa shape index (κ2) is 6.77. The van der Waals surface area contributed by atoms with E-state index in [2.05, 4.69) is 24.7 Å². The van der Waals surface area contributed by atoms with Crippen molar-refractivity contribution < 1.29 is 14.3 Å². The highest BCUT2D eigenvalue weighted by atomic mass is 16.6. The molecule has 21 heavy (non-hydrogen) atoms. The summed E-state index contributed by atoms with van der Waals surface area (Å²) in [4.78, 5) is 36.6. The van der Waals surface area contributed by atoms with Crippen LogP contribution in [0.5, 0.6) is 0 Å². The first-order valence-electron chi connectivity index (χ1n) is 6.27. The molecule has 0 bridgehead atoms. The fourth-order valence-corrected chi connectivity index (χ4v) is 1.68. The summed E-state index contributed by atoms with van der Waals surface area (Å²) in [5.41, 5.74) is 12.7. The quantitative estimate of drug-likeness (QED) is 0.379. The van der Waals surface area contributed by atoms with Gasteiger partial charge in [-0.3, -0.25) is 0 Å². The number of rotatable bonds is 6. The SMILES string of the molecule is NC(Cc1cnc[nH]1)C(=O)OC(=O)C(N)Cc1cnc[nH]1. The Morgan fingerprint density at radius 2 is 1.43 bits per heavy atom. The summed E-state index contributed by atoms with van der Waals surface area (Å²) in [6, 6.07) is -1.93. The number of hydrogen-bond donors (Lipinski definition) is 4. The van der Waals surface area contributed by atoms with Crippen LogP contribution in [0, 0.1) is 0 Å². The zero-order chi connectivity index (χ0) is 15.2. The second-order valence-corrected chi connectivity index (χ2v) is 4.52. The van der Waals surface area contributed by atoms with E-state index in [0.29, 0.717) is 11.4 Å². The summed E-state index contributed by atoms with van der Waals surface area (Å²) in [5.74, 6) is -1.65. The van der Waals surface area contributed by atoms with Crippen LogP contribution in [0.25, 0.3) is 0 Å². The summed E-state index contributed by atoms with van der Waals surface area (Å²) < 4.78 is 4.68. The van der Waals surface area contributed by atoms with Crippen molar-refractivity contribution >= 4 is 11.9 Å². The lowest BCUT2D eigenvalue weighted by atomic mass is 10.1. The number of hydrogen-bond acceptors (Lipinski definition) is 7. The zero-order valence-corrected chi connectivity index (χ0v) is 11.2. The van der Waals surface area contributed by atoms with Gasteiger partial charge < -0.3 is 26.2 Å². The Morgan fingerprint density at radius 3 is 1.76 bits per heavy atom. The molecule has 2 atom stereocenters. The Hall–Kier alpha value is -2.52. The van der Waals surface area contributed by atoms with Crippen LogP contribution in [-0.2, 0) is 27.2 Å². The van der Waals surface area contributed by atoms with Gasteiger partial charge in [0.15, 0.2) is 0 Å². The molecule has 9 heteroatoms. The smallest absolute Gasteiger partial charge is 0.330 e. The number of aromatic nitrogens is 4. The summed E-state index contributed by atoms with van der Waals surface area (Å²) in [6.45, 7) is 0. The first-order chi connectivity index (χ1) is 10.1. The van der Waals surface area contributed by atoms with Crippen LogP contribution < -0.4 is 11.5 Å². The molecule has 2 aromatic heterocycles. The molecule has 9 nitrogen and oxygen atoms in total. The molecule has 6 N–H and O–H groups in total. The molecule has 2 unspecified atom stereocenters. The summed E-state index contributed by atoms with van der Waals surface area (Å²) in [6.07, 6.45) is 6.42. The molecular weight excluding hydrogens is 276 g/mol. The topological polar surface area (TPSA) is 153 Å². The molecule has 0 aliphatic heterocycles. The van der Waals surface area contributed by atoms with Gasteiger partial charge in [-0.05, 0) is 0 Å². The lowest BCUT2D eigenvalue weighted by Gasteiger charge is -2.12. The standard InChI is InChI=1S/C12H16N6O3/c13-9(1-7-3-15-5-17-7)11(19)21-12(20)10(14)2-8-4-16-6-18-8/h3-6,9-10H,1-2,13-14H2,(H,15,17)(H,16,18). The van der Waals surface area contributed by atoms with E-state index >= 15 is 0 Å². The van der Waals surface area contributed by atoms with Gasteiger partial charge in [0, 0.05) is 36.6 Å². The number of H-pyrrole nitrogens is 2. The summed E-state index contributed by atoms with van der Waals surface area (Å²) in [7, 11) is 0. The molecule has 2 aromatic rings. The molecule has 0 aliphatic carbocycles. The van der Waals surface area contributed by atoms with Gasteiger partial charge in [-0.25, -0.2) is 19.6 Å². The normalized spacial score (nSPS) is 13.6. The molecule has 2 heterocycles. The molecule has 2 rings (SSSR count). The molecule has 0 radical (unpaired) electrons. The van der Waals surface area contributed by atoms with Gasteiger partial charge in [-0.2, -0.15) is 0 Å². The molecule has 0 saturated carbocycles. The maximum absolute atomic E-state index is 11.7. The van der Waals surface area contributed by atoms with Crippen molar-refractivity contribution in [2.24, 2.45) is 11.5 Å². The molecule has 0 fully saturated rings. The molecule has 0 aromatic carbocycles. The molecule has 0 saturated heterocycles. The monoisotopic (exact) mass is 292 g/mol. The third-order valence-corrected chi connectivity index (χ3v) is 2.80. The van der Waals surface area contributed by atoms with Gasteiger partial charge >= 0.3 is 11.9 Å². The molecule has 0 amide bonds. The maximum atomic E-state index is 11.7. The third kappa shape index (κ3) is 4.23. The fourth-order valence-electron chi connectivity index (χ4n) is 1.68. The van der Waals surface area contributed by atoms with Crippen molar-refractivity contribution in [3.05, 3.63) is 36.4 Å². The highest BCUT2D eigenvalue weighted by molar-refractivity contribution is 5.90. The lowest BCUT2D eigenvalue weighted by Crippen LogP contribution is -2.41. The van der Waals surface area contributed by atoms with E-state index in [1.807, 2.05) is 0 Å². The van der Waals surface area contributed by atoms with E-state index in [9.17, 15) is 9.59 Å². The highest BCUT2D eigenvalue weighted by Gasteiger charge is 2.24. The number of carbonyl (C=O) groups excluding carboxylic acids is 2. The lowest BCUT2D eigenvalue weighted by molar-refractivity contribution is -0.161. The number of esters is 2. The minimum absolute atomic E-state index is 0.196. The first-order valence-corrected chi connectivity index (χ1v) is 6.27. The molecule has 0 aliphatic rings. The van der Waals surface area contributed by atoms with E-state index < -0.39 is 24.0 Å². The van der Waals surface area contributed by atoms with Crippen molar-refractivity contribution in [3.8, 4) is 0 Å². The maximum Gasteiger partial charge on any atom is 0.330 e. The van der Waals surface area contributed by atoms with Crippen molar-refractivity contribution in [1.29, 1.82) is 0 Å². The Labute approximate surface area is 120 Å². The average Bonchev–Trinajstić information content (AvgIpc) is 3.11. The Kier molecular flexibility index (Phi) is 4.80. The number of nitrogens with one attached hydrogen (secondary N) is 2. The first kappa shape index (κ1) is 14.9. The minimum atomic E-state index is -0.964. The Bertz CT molecular complexity index is 528. The minimum Gasteiger partial charge on any atom is -0.391 e. The number of ether oxygens (including phenoxy) is 1. The van der Waals surface area contributed by atoms with Crippen LogP contribution in [-0.4, -0.2) is 44.0 Å². The number of imidazole rings is 2. The van der Waals surface area contributed by atoms with E-state index in [1.54, 1.807) is 12.4 Å². The van der Waals surface area contributed by atoms with Crippen molar-refractivity contribution in [2.75, 3.05) is 0 Å². The third-order valence-electron chi connectivity index (χ3n) is 2.80. The Morgan fingerprint density at radius 1 is 1.00 bits per heavy atom. The van der Waals surface area contributed by atoms with Crippen LogP contribution in [0.3, 0.4) is 0 Å². The summed E-state index contributed by atoms with van der Waals surface area (Å²) >= 11 is 0. The number of nitrogens with zero attached hydrogens (tertiary/aromatic N) is 2. The van der Waals surface area contributed by atoms with Gasteiger partial charge in [0.1, 0.15) is 12.1 Å².